The summed E-state index contributed by atoms with van der Waals surface area (Å²) in [5.41, 5.74) is 0.703. The number of hydrogen-bond donors (Lipinski definition) is 1. The van der Waals surface area contributed by atoms with E-state index < -0.39 is 6.10 Å². The van der Waals surface area contributed by atoms with Crippen molar-refractivity contribution < 1.29 is 5.11 Å². The molecule has 1 aliphatic heterocycles. The maximum atomic E-state index is 10.6. The molecule has 0 saturated carbocycles. The quantitative estimate of drug-likeness (QED) is 0.892. The average molecular weight is 251 g/mol. The van der Waals surface area contributed by atoms with Crippen LogP contribution in [0.5, 0.6) is 0 Å². The minimum Gasteiger partial charge on any atom is -0.386 e. The number of rotatable bonds is 4. The van der Waals surface area contributed by atoms with Crippen LogP contribution in [0.25, 0.3) is 0 Å². The average Bonchev–Trinajstić information content (AvgIpc) is 2.87. The van der Waals surface area contributed by atoms with Crippen LogP contribution in [0.2, 0.25) is 0 Å². The van der Waals surface area contributed by atoms with E-state index in [1.165, 1.54) is 19.3 Å². The summed E-state index contributed by atoms with van der Waals surface area (Å²) in [5.74, 6) is 0. The predicted molar refractivity (Wildman–Crippen MR) is 72.4 cm³/mol. The highest BCUT2D eigenvalue weighted by atomic mass is 16.3. The Balaban J connectivity index is 2.12. The molecule has 2 rings (SSSR count). The summed E-state index contributed by atoms with van der Waals surface area (Å²) in [6.45, 7) is 9.34. The second-order valence-corrected chi connectivity index (χ2v) is 5.73. The molecule has 1 aromatic heterocycles. The van der Waals surface area contributed by atoms with Crippen LogP contribution < -0.4 is 0 Å². The van der Waals surface area contributed by atoms with E-state index in [0.29, 0.717) is 0 Å². The van der Waals surface area contributed by atoms with Crippen LogP contribution in [-0.2, 0) is 6.54 Å². The van der Waals surface area contributed by atoms with Crippen molar-refractivity contribution in [2.75, 3.05) is 13.1 Å². The van der Waals surface area contributed by atoms with Crippen LogP contribution in [0, 0.1) is 0 Å². The molecule has 0 aliphatic carbocycles. The highest BCUT2D eigenvalue weighted by molar-refractivity contribution is 5.14. The number of likely N-dealkylation sites (tertiary alicyclic amines) is 1. The molecule has 1 N–H and O–H groups in total. The van der Waals surface area contributed by atoms with Crippen LogP contribution in [0.15, 0.2) is 12.4 Å². The van der Waals surface area contributed by atoms with Gasteiger partial charge in [-0.1, -0.05) is 6.42 Å². The first-order valence-electron chi connectivity index (χ1n) is 7.01. The Morgan fingerprint density at radius 1 is 1.33 bits per heavy atom. The lowest BCUT2D eigenvalue weighted by molar-refractivity contribution is -0.0209. The number of aryl methyl sites for hydroxylation is 1. The van der Waals surface area contributed by atoms with Crippen molar-refractivity contribution in [1.29, 1.82) is 0 Å². The summed E-state index contributed by atoms with van der Waals surface area (Å²) >= 11 is 0. The third-order valence-electron chi connectivity index (χ3n) is 4.13. The number of aliphatic hydroxyl groups is 1. The summed E-state index contributed by atoms with van der Waals surface area (Å²) in [5, 5.41) is 14.9. The molecule has 1 aliphatic rings. The van der Waals surface area contributed by atoms with Gasteiger partial charge >= 0.3 is 0 Å². The zero-order valence-corrected chi connectivity index (χ0v) is 11.8. The summed E-state index contributed by atoms with van der Waals surface area (Å²) in [7, 11) is 0. The van der Waals surface area contributed by atoms with Gasteiger partial charge in [0.2, 0.25) is 0 Å². The van der Waals surface area contributed by atoms with E-state index in [1.54, 1.807) is 6.20 Å². The van der Waals surface area contributed by atoms with E-state index in [4.69, 9.17) is 0 Å². The minimum atomic E-state index is -0.476. The van der Waals surface area contributed by atoms with Gasteiger partial charge in [0.25, 0.3) is 0 Å². The molecule has 1 saturated heterocycles. The molecule has 1 atom stereocenters. The van der Waals surface area contributed by atoms with Gasteiger partial charge in [0.1, 0.15) is 0 Å². The number of hydrogen-bond acceptors (Lipinski definition) is 3. The molecule has 0 spiro atoms. The first-order chi connectivity index (χ1) is 8.55. The first-order valence-corrected chi connectivity index (χ1v) is 7.01. The highest BCUT2D eigenvalue weighted by Gasteiger charge is 2.36. The maximum absolute atomic E-state index is 10.6. The number of aliphatic hydroxyl groups excluding tert-OH is 1. The van der Waals surface area contributed by atoms with Crippen molar-refractivity contribution in [3.63, 3.8) is 0 Å². The second kappa shape index (κ2) is 5.41. The predicted octanol–water partition coefficient (Wildman–Crippen LogP) is 2.20. The van der Waals surface area contributed by atoms with Gasteiger partial charge in [-0.05, 0) is 46.7 Å². The van der Waals surface area contributed by atoms with Crippen molar-refractivity contribution in [1.82, 2.24) is 14.7 Å². The molecule has 18 heavy (non-hydrogen) atoms. The van der Waals surface area contributed by atoms with Gasteiger partial charge < -0.3 is 5.11 Å². The molecule has 2 heterocycles. The fourth-order valence-electron chi connectivity index (χ4n) is 2.74. The summed E-state index contributed by atoms with van der Waals surface area (Å²) in [6.07, 6.45) is 7.07. The molecule has 0 amide bonds. The normalized spacial score (nSPS) is 20.0. The van der Waals surface area contributed by atoms with Crippen molar-refractivity contribution in [2.24, 2.45) is 0 Å². The lowest BCUT2D eigenvalue weighted by Gasteiger charge is -2.43. The molecule has 1 fully saturated rings. The summed E-state index contributed by atoms with van der Waals surface area (Å²) < 4.78 is 1.87. The van der Waals surface area contributed by atoms with Gasteiger partial charge in [0.05, 0.1) is 12.3 Å². The Kier molecular flexibility index (Phi) is 4.07. The molecular formula is C14H25N3O. The van der Waals surface area contributed by atoms with Crippen molar-refractivity contribution in [3.05, 3.63) is 18.0 Å². The maximum Gasteiger partial charge on any atom is 0.0998 e. The van der Waals surface area contributed by atoms with E-state index >= 15 is 0 Å². The zero-order valence-electron chi connectivity index (χ0n) is 11.8. The fraction of sp³-hybridized carbons (Fsp3) is 0.786. The van der Waals surface area contributed by atoms with E-state index in [0.717, 1.165) is 25.2 Å². The van der Waals surface area contributed by atoms with Crippen molar-refractivity contribution in [2.45, 2.75) is 58.2 Å². The van der Waals surface area contributed by atoms with E-state index in [-0.39, 0.29) is 5.54 Å². The largest absolute Gasteiger partial charge is 0.386 e. The number of nitrogens with zero attached hydrogens (tertiary/aromatic N) is 3. The lowest BCUT2D eigenvalue weighted by atomic mass is 9.89. The molecule has 1 aromatic rings. The SMILES string of the molecule is CCn1cc(C(O)C(C)(C)N2CCCCC2)cn1. The van der Waals surface area contributed by atoms with Gasteiger partial charge in [-0.25, -0.2) is 0 Å². The summed E-state index contributed by atoms with van der Waals surface area (Å²) in [6, 6.07) is 0. The van der Waals surface area contributed by atoms with Gasteiger partial charge in [0, 0.05) is 23.8 Å². The Hall–Kier alpha value is -0.870. The molecule has 4 heteroatoms. The first kappa shape index (κ1) is 13.6. The van der Waals surface area contributed by atoms with Gasteiger partial charge in [0.15, 0.2) is 0 Å². The third-order valence-corrected chi connectivity index (χ3v) is 4.13. The van der Waals surface area contributed by atoms with Gasteiger partial charge in [-0.15, -0.1) is 0 Å². The minimum absolute atomic E-state index is 0.220. The van der Waals surface area contributed by atoms with E-state index in [1.807, 2.05) is 10.9 Å². The number of piperidine rings is 1. The zero-order chi connectivity index (χ0) is 13.2. The molecular weight excluding hydrogens is 226 g/mol. The monoisotopic (exact) mass is 251 g/mol. The molecule has 0 radical (unpaired) electrons. The molecule has 102 valence electrons. The van der Waals surface area contributed by atoms with Crippen LogP contribution in [-0.4, -0.2) is 38.4 Å². The Morgan fingerprint density at radius 3 is 2.56 bits per heavy atom. The van der Waals surface area contributed by atoms with Crippen LogP contribution >= 0.6 is 0 Å². The highest BCUT2D eigenvalue weighted by Crippen LogP contribution is 2.32. The Morgan fingerprint density at radius 2 is 2.00 bits per heavy atom. The molecule has 0 bridgehead atoms. The van der Waals surface area contributed by atoms with Crippen molar-refractivity contribution >= 4 is 0 Å². The standard InChI is InChI=1S/C14H25N3O/c1-4-17-11-12(10-15-17)13(18)14(2,3)16-8-6-5-7-9-16/h10-11,13,18H,4-9H2,1-3H3. The molecule has 0 aromatic carbocycles. The lowest BCUT2D eigenvalue weighted by Crippen LogP contribution is -2.50. The van der Waals surface area contributed by atoms with Crippen molar-refractivity contribution in [3.8, 4) is 0 Å². The van der Waals surface area contributed by atoms with E-state index in [2.05, 4.69) is 30.8 Å². The molecule has 4 nitrogen and oxygen atoms in total. The Labute approximate surface area is 110 Å². The van der Waals surface area contributed by atoms with Gasteiger partial charge in [-0.3, -0.25) is 9.58 Å². The topological polar surface area (TPSA) is 41.3 Å². The van der Waals surface area contributed by atoms with Gasteiger partial charge in [-0.2, -0.15) is 5.10 Å². The van der Waals surface area contributed by atoms with Crippen LogP contribution in [0.4, 0.5) is 0 Å². The fourth-order valence-corrected chi connectivity index (χ4v) is 2.74. The summed E-state index contributed by atoms with van der Waals surface area (Å²) in [4.78, 5) is 2.41. The van der Waals surface area contributed by atoms with Crippen LogP contribution in [0.1, 0.15) is 51.7 Å². The smallest absolute Gasteiger partial charge is 0.0998 e. The number of aromatic nitrogens is 2. The van der Waals surface area contributed by atoms with E-state index in [9.17, 15) is 5.11 Å². The second-order valence-electron chi connectivity index (χ2n) is 5.73. The molecule has 1 unspecified atom stereocenters. The third kappa shape index (κ3) is 2.59. The Bertz CT molecular complexity index is 380. The van der Waals surface area contributed by atoms with Crippen LogP contribution in [0.3, 0.4) is 0 Å².